The molecule has 0 aliphatic heterocycles. The lowest BCUT2D eigenvalue weighted by Gasteiger charge is -2.10. The maximum Gasteiger partial charge on any atom is 0.345 e. The summed E-state index contributed by atoms with van der Waals surface area (Å²) in [5.41, 5.74) is 2.47. The second-order valence-electron chi connectivity index (χ2n) is 6.31. The van der Waals surface area contributed by atoms with Crippen LogP contribution in [0.1, 0.15) is 15.9 Å². The third kappa shape index (κ3) is 4.39. The second kappa shape index (κ2) is 8.62. The normalized spacial score (nSPS) is 10.6. The first-order chi connectivity index (χ1) is 14.6. The minimum Gasteiger partial charge on any atom is -0.478 e. The van der Waals surface area contributed by atoms with Gasteiger partial charge in [0.05, 0.1) is 22.0 Å². The number of hydrogen-bond acceptors (Lipinski definition) is 6. The number of nitrogens with zero attached hydrogens (tertiary/aromatic N) is 4. The number of para-hydroxylation sites is 1. The van der Waals surface area contributed by atoms with Gasteiger partial charge in [0.25, 0.3) is 0 Å². The number of hydrogen-bond donors (Lipinski definition) is 2. The lowest BCUT2D eigenvalue weighted by Crippen LogP contribution is -2.03. The fourth-order valence-electron chi connectivity index (χ4n) is 2.75. The average molecular weight is 422 g/mol. The number of carboxylic acids is 1. The third-order valence-electron chi connectivity index (χ3n) is 4.27. The van der Waals surface area contributed by atoms with Crippen LogP contribution >= 0.6 is 11.6 Å². The van der Waals surface area contributed by atoms with Crippen LogP contribution in [0.3, 0.4) is 0 Å². The van der Waals surface area contributed by atoms with Gasteiger partial charge in [-0.1, -0.05) is 47.0 Å². The first kappa shape index (κ1) is 19.4. The highest BCUT2D eigenvalue weighted by atomic mass is 35.5. The van der Waals surface area contributed by atoms with E-state index in [-0.39, 0.29) is 11.6 Å². The summed E-state index contributed by atoms with van der Waals surface area (Å²) in [5.74, 6) is -0.425. The molecule has 0 saturated heterocycles. The van der Waals surface area contributed by atoms with Crippen molar-refractivity contribution in [1.82, 2.24) is 20.2 Å². The van der Waals surface area contributed by atoms with Gasteiger partial charge in [0, 0.05) is 6.54 Å². The molecule has 9 heteroatoms. The van der Waals surface area contributed by atoms with Gasteiger partial charge < -0.3 is 15.2 Å². The van der Waals surface area contributed by atoms with Crippen LogP contribution in [0.4, 0.5) is 5.69 Å². The van der Waals surface area contributed by atoms with Gasteiger partial charge in [-0.25, -0.2) is 4.79 Å². The summed E-state index contributed by atoms with van der Waals surface area (Å²) in [5, 5.41) is 24.3. The monoisotopic (exact) mass is 421 g/mol. The molecule has 0 atom stereocenters. The van der Waals surface area contributed by atoms with Gasteiger partial charge in [0.15, 0.2) is 0 Å². The Bertz CT molecular complexity index is 1160. The van der Waals surface area contributed by atoms with Crippen molar-refractivity contribution in [2.75, 3.05) is 5.32 Å². The van der Waals surface area contributed by atoms with Crippen molar-refractivity contribution in [2.24, 2.45) is 0 Å². The fourth-order valence-corrected chi connectivity index (χ4v) is 2.93. The first-order valence-corrected chi connectivity index (χ1v) is 9.35. The summed E-state index contributed by atoms with van der Waals surface area (Å²) in [6.07, 6.45) is 0. The van der Waals surface area contributed by atoms with E-state index in [4.69, 9.17) is 21.4 Å². The molecule has 3 aromatic carbocycles. The Morgan fingerprint density at radius 1 is 1.07 bits per heavy atom. The molecule has 30 heavy (non-hydrogen) atoms. The van der Waals surface area contributed by atoms with Crippen LogP contribution in [0.15, 0.2) is 72.8 Å². The Hall–Kier alpha value is -3.91. The quantitative estimate of drug-likeness (QED) is 0.455. The van der Waals surface area contributed by atoms with Crippen LogP contribution in [-0.4, -0.2) is 31.3 Å². The van der Waals surface area contributed by atoms with E-state index in [9.17, 15) is 4.79 Å². The van der Waals surface area contributed by atoms with Gasteiger partial charge in [-0.05, 0) is 58.5 Å². The van der Waals surface area contributed by atoms with Gasteiger partial charge in [-0.15, -0.1) is 0 Å². The van der Waals surface area contributed by atoms with E-state index in [1.807, 2.05) is 42.5 Å². The highest BCUT2D eigenvalue weighted by Crippen LogP contribution is 2.25. The molecule has 0 aliphatic rings. The van der Waals surface area contributed by atoms with Crippen LogP contribution in [0.25, 0.3) is 5.69 Å². The number of aromatic carboxylic acids is 1. The number of anilines is 1. The maximum atomic E-state index is 11.1. The minimum absolute atomic E-state index is 0.168. The van der Waals surface area contributed by atoms with Crippen molar-refractivity contribution >= 4 is 23.3 Å². The van der Waals surface area contributed by atoms with Crippen molar-refractivity contribution in [2.45, 2.75) is 6.54 Å². The largest absolute Gasteiger partial charge is 0.478 e. The Morgan fingerprint density at radius 3 is 2.57 bits per heavy atom. The van der Waals surface area contributed by atoms with Crippen molar-refractivity contribution in [3.8, 4) is 17.4 Å². The summed E-state index contributed by atoms with van der Waals surface area (Å²) in [4.78, 5) is 11.1. The molecule has 0 saturated carbocycles. The zero-order valence-electron chi connectivity index (χ0n) is 15.6. The number of aromatic nitrogens is 4. The summed E-state index contributed by atoms with van der Waals surface area (Å²) in [6, 6.07) is 21.6. The molecule has 0 fully saturated rings. The molecule has 0 spiro atoms. The molecule has 4 aromatic rings. The topological polar surface area (TPSA) is 102 Å². The molecule has 0 radical (unpaired) electrons. The van der Waals surface area contributed by atoms with E-state index in [1.54, 1.807) is 18.2 Å². The fraction of sp³-hybridized carbons (Fsp3) is 0.0476. The Balaban J connectivity index is 1.43. The molecule has 1 heterocycles. The molecule has 0 amide bonds. The van der Waals surface area contributed by atoms with Crippen LogP contribution < -0.4 is 10.1 Å². The van der Waals surface area contributed by atoms with Gasteiger partial charge in [-0.3, -0.25) is 0 Å². The highest BCUT2D eigenvalue weighted by Gasteiger charge is 2.11. The minimum atomic E-state index is -1.01. The number of ether oxygens (including phenoxy) is 1. The van der Waals surface area contributed by atoms with Crippen molar-refractivity contribution in [3.05, 3.63) is 88.9 Å². The zero-order chi connectivity index (χ0) is 20.9. The third-order valence-corrected chi connectivity index (χ3v) is 4.60. The van der Waals surface area contributed by atoms with Crippen LogP contribution in [-0.2, 0) is 6.54 Å². The van der Waals surface area contributed by atoms with Crippen molar-refractivity contribution in [1.29, 1.82) is 0 Å². The van der Waals surface area contributed by atoms with Crippen molar-refractivity contribution in [3.63, 3.8) is 0 Å². The molecular weight excluding hydrogens is 406 g/mol. The summed E-state index contributed by atoms with van der Waals surface area (Å²) < 4.78 is 7.31. The Morgan fingerprint density at radius 2 is 1.83 bits per heavy atom. The molecule has 4 rings (SSSR count). The van der Waals surface area contributed by atoms with E-state index in [2.05, 4.69) is 20.8 Å². The van der Waals surface area contributed by atoms with E-state index in [0.717, 1.165) is 11.3 Å². The van der Waals surface area contributed by atoms with Crippen LogP contribution in [0.5, 0.6) is 11.8 Å². The number of carbonyl (C=O) groups is 1. The predicted octanol–water partition coefficient (Wildman–Crippen LogP) is 4.42. The van der Waals surface area contributed by atoms with E-state index in [0.29, 0.717) is 23.0 Å². The zero-order valence-corrected chi connectivity index (χ0v) is 16.3. The van der Waals surface area contributed by atoms with Crippen molar-refractivity contribution < 1.29 is 14.6 Å². The lowest BCUT2D eigenvalue weighted by molar-refractivity contribution is 0.0697. The number of halogens is 1. The number of benzene rings is 3. The van der Waals surface area contributed by atoms with Crippen LogP contribution in [0.2, 0.25) is 5.02 Å². The predicted molar refractivity (Wildman–Crippen MR) is 111 cm³/mol. The van der Waals surface area contributed by atoms with Gasteiger partial charge in [0.1, 0.15) is 5.75 Å². The molecular formula is C21H16ClN5O3. The number of rotatable bonds is 7. The molecule has 1 aromatic heterocycles. The molecule has 0 bridgehead atoms. The molecule has 0 unspecified atom stereocenters. The SMILES string of the molecule is O=C(O)c1ccc(Cl)c(NCc2ccc(Oc3nnnn3-c3ccccc3)cc2)c1. The summed E-state index contributed by atoms with van der Waals surface area (Å²) in [6.45, 7) is 0.463. The van der Waals surface area contributed by atoms with E-state index < -0.39 is 5.97 Å². The van der Waals surface area contributed by atoms with Gasteiger partial charge >= 0.3 is 12.0 Å². The van der Waals surface area contributed by atoms with Gasteiger partial charge in [0.2, 0.25) is 0 Å². The highest BCUT2D eigenvalue weighted by molar-refractivity contribution is 6.33. The Labute approximate surface area is 176 Å². The maximum absolute atomic E-state index is 11.1. The Kier molecular flexibility index (Phi) is 5.58. The number of nitrogens with one attached hydrogen (secondary N) is 1. The second-order valence-corrected chi connectivity index (χ2v) is 6.72. The lowest BCUT2D eigenvalue weighted by atomic mass is 10.2. The average Bonchev–Trinajstić information content (AvgIpc) is 3.23. The molecule has 150 valence electrons. The molecule has 2 N–H and O–H groups in total. The molecule has 8 nitrogen and oxygen atoms in total. The number of carboxylic acid groups (broad SMARTS) is 1. The number of tetrazole rings is 1. The first-order valence-electron chi connectivity index (χ1n) is 8.97. The van der Waals surface area contributed by atoms with E-state index >= 15 is 0 Å². The summed E-state index contributed by atoms with van der Waals surface area (Å²) >= 11 is 6.14. The standard InChI is InChI=1S/C21H16ClN5O3/c22-18-11-8-15(20(28)29)12-19(18)23-13-14-6-9-17(10-7-14)30-21-24-25-26-27(21)16-4-2-1-3-5-16/h1-12,23H,13H2,(H,28,29). The summed E-state index contributed by atoms with van der Waals surface area (Å²) in [7, 11) is 0. The molecule has 0 aliphatic carbocycles. The van der Waals surface area contributed by atoms with Crippen LogP contribution in [0, 0.1) is 0 Å². The van der Waals surface area contributed by atoms with Gasteiger partial charge in [-0.2, -0.15) is 4.68 Å². The smallest absolute Gasteiger partial charge is 0.345 e. The van der Waals surface area contributed by atoms with E-state index in [1.165, 1.54) is 16.8 Å².